The lowest BCUT2D eigenvalue weighted by molar-refractivity contribution is 0.0265. The zero-order valence-electron chi connectivity index (χ0n) is 11.1. The van der Waals surface area contributed by atoms with Crippen LogP contribution in [0.5, 0.6) is 0 Å². The molecule has 0 aromatic carbocycles. The minimum absolute atomic E-state index is 0.483. The Morgan fingerprint density at radius 3 is 2.37 bits per heavy atom. The molecule has 4 heteroatoms. The van der Waals surface area contributed by atoms with Crippen molar-refractivity contribution in [1.29, 1.82) is 5.26 Å². The highest BCUT2D eigenvalue weighted by Gasteiger charge is 2.49. The van der Waals surface area contributed by atoms with Gasteiger partial charge in [-0.15, -0.1) is 0 Å². The van der Waals surface area contributed by atoms with E-state index in [-0.39, 0.29) is 0 Å². The van der Waals surface area contributed by atoms with Crippen molar-refractivity contribution < 1.29 is 4.42 Å². The molecule has 0 aliphatic heterocycles. The first kappa shape index (κ1) is 11.8. The molecular weight excluding hydrogens is 256 g/mol. The van der Waals surface area contributed by atoms with Crippen LogP contribution in [-0.4, -0.2) is 10.2 Å². The second-order valence-corrected chi connectivity index (χ2v) is 7.64. The van der Waals surface area contributed by atoms with Crippen LogP contribution in [-0.2, 0) is 0 Å². The molecule has 19 heavy (non-hydrogen) atoms. The molecule has 0 saturated heterocycles. The molecule has 4 aliphatic rings. The highest BCUT2D eigenvalue weighted by atomic mass is 32.2. The minimum Gasteiger partial charge on any atom is -0.433 e. The molecule has 0 amide bonds. The van der Waals surface area contributed by atoms with Crippen LogP contribution in [0.25, 0.3) is 0 Å². The van der Waals surface area contributed by atoms with Gasteiger partial charge in [-0.1, -0.05) is 11.8 Å². The van der Waals surface area contributed by atoms with Crippen molar-refractivity contribution in [2.75, 3.05) is 0 Å². The molecule has 4 fully saturated rings. The number of nitrogens with zero attached hydrogens (tertiary/aromatic N) is 2. The summed E-state index contributed by atoms with van der Waals surface area (Å²) in [7, 11) is 0. The summed E-state index contributed by atoms with van der Waals surface area (Å²) in [5.74, 6) is 4.29. The third kappa shape index (κ3) is 1.90. The molecule has 5 rings (SSSR count). The van der Waals surface area contributed by atoms with Crippen LogP contribution < -0.4 is 0 Å². The van der Waals surface area contributed by atoms with Gasteiger partial charge in [0, 0.05) is 12.2 Å². The molecule has 0 spiro atoms. The first-order valence-corrected chi connectivity index (χ1v) is 8.15. The van der Waals surface area contributed by atoms with Crippen LogP contribution >= 0.6 is 11.8 Å². The second kappa shape index (κ2) is 4.28. The predicted molar refractivity (Wildman–Crippen MR) is 72.6 cm³/mol. The number of nitriles is 1. The van der Waals surface area contributed by atoms with Crippen molar-refractivity contribution >= 4 is 11.8 Å². The van der Waals surface area contributed by atoms with Gasteiger partial charge in [-0.25, -0.2) is 4.98 Å². The summed E-state index contributed by atoms with van der Waals surface area (Å²) in [5, 5.41) is 10.5. The topological polar surface area (TPSA) is 49.8 Å². The summed E-state index contributed by atoms with van der Waals surface area (Å²) < 4.78 is 5.64. The summed E-state index contributed by atoms with van der Waals surface area (Å²) in [5.41, 5.74) is 0.483. The smallest absolute Gasteiger partial charge is 0.199 e. The fourth-order valence-electron chi connectivity index (χ4n) is 4.75. The van der Waals surface area contributed by atoms with Crippen molar-refractivity contribution in [3.05, 3.63) is 11.6 Å². The minimum atomic E-state index is 0.483. The molecule has 0 unspecified atom stereocenters. The van der Waals surface area contributed by atoms with Gasteiger partial charge in [-0.2, -0.15) is 5.26 Å². The van der Waals surface area contributed by atoms with Crippen LogP contribution in [0.15, 0.2) is 9.51 Å². The zero-order chi connectivity index (χ0) is 13.0. The molecule has 0 N–H and O–H groups in total. The standard InChI is InChI=1S/C15H18N2OS/c1-8-17-13(7-16)15(18-8)19-14-11-3-9-2-10(5-11)6-12(14)4-9/h9-12,14H,2-6H2,1H3. The van der Waals surface area contributed by atoms with Gasteiger partial charge >= 0.3 is 0 Å². The van der Waals surface area contributed by atoms with E-state index in [1.54, 1.807) is 11.8 Å². The molecule has 4 saturated carbocycles. The van der Waals surface area contributed by atoms with Crippen molar-refractivity contribution in [2.45, 2.75) is 49.4 Å². The molecule has 1 aromatic rings. The van der Waals surface area contributed by atoms with E-state index < -0.39 is 0 Å². The lowest BCUT2D eigenvalue weighted by Crippen LogP contribution is -2.46. The van der Waals surface area contributed by atoms with Crippen LogP contribution in [0.2, 0.25) is 0 Å². The summed E-state index contributed by atoms with van der Waals surface area (Å²) >= 11 is 1.80. The first-order chi connectivity index (χ1) is 9.22. The molecule has 1 aromatic heterocycles. The maximum absolute atomic E-state index is 9.13. The number of oxazole rings is 1. The van der Waals surface area contributed by atoms with E-state index in [9.17, 15) is 0 Å². The lowest BCUT2D eigenvalue weighted by Gasteiger charge is -2.53. The third-order valence-electron chi connectivity index (χ3n) is 5.19. The Hall–Kier alpha value is -0.950. The van der Waals surface area contributed by atoms with E-state index in [0.29, 0.717) is 16.8 Å². The Labute approximate surface area is 117 Å². The van der Waals surface area contributed by atoms with E-state index in [0.717, 1.165) is 28.8 Å². The van der Waals surface area contributed by atoms with E-state index in [1.165, 1.54) is 32.1 Å². The fraction of sp³-hybridized carbons (Fsp3) is 0.733. The van der Waals surface area contributed by atoms with Gasteiger partial charge in [-0.3, -0.25) is 0 Å². The first-order valence-electron chi connectivity index (χ1n) is 7.27. The van der Waals surface area contributed by atoms with Gasteiger partial charge in [0.1, 0.15) is 6.07 Å². The number of thioether (sulfide) groups is 1. The van der Waals surface area contributed by atoms with Gasteiger partial charge in [0.2, 0.25) is 0 Å². The molecule has 3 nitrogen and oxygen atoms in total. The Morgan fingerprint density at radius 2 is 1.79 bits per heavy atom. The number of hydrogen-bond donors (Lipinski definition) is 0. The van der Waals surface area contributed by atoms with Gasteiger partial charge in [0.05, 0.1) is 0 Å². The molecule has 100 valence electrons. The Balaban J connectivity index is 1.58. The molecule has 4 bridgehead atoms. The van der Waals surface area contributed by atoms with Crippen molar-refractivity contribution in [3.8, 4) is 6.07 Å². The normalized spacial score (nSPS) is 39.5. The highest BCUT2D eigenvalue weighted by Crippen LogP contribution is 2.58. The highest BCUT2D eigenvalue weighted by molar-refractivity contribution is 7.99. The van der Waals surface area contributed by atoms with E-state index in [2.05, 4.69) is 11.1 Å². The molecule has 1 heterocycles. The van der Waals surface area contributed by atoms with Crippen molar-refractivity contribution in [2.24, 2.45) is 23.7 Å². The molecule has 4 aliphatic carbocycles. The molecular formula is C15H18N2OS. The average Bonchev–Trinajstić information content (AvgIpc) is 2.73. The number of aromatic nitrogens is 1. The summed E-state index contributed by atoms with van der Waals surface area (Å²) in [6, 6.07) is 2.16. The average molecular weight is 274 g/mol. The largest absolute Gasteiger partial charge is 0.433 e. The van der Waals surface area contributed by atoms with Gasteiger partial charge in [-0.05, 0) is 55.8 Å². The monoisotopic (exact) mass is 274 g/mol. The molecule has 0 atom stereocenters. The van der Waals surface area contributed by atoms with E-state index in [4.69, 9.17) is 9.68 Å². The zero-order valence-corrected chi connectivity index (χ0v) is 11.9. The van der Waals surface area contributed by atoms with E-state index in [1.807, 2.05) is 6.92 Å². The summed E-state index contributed by atoms with van der Waals surface area (Å²) in [4.78, 5) is 4.16. The fourth-order valence-corrected chi connectivity index (χ4v) is 6.20. The quantitative estimate of drug-likeness (QED) is 0.823. The van der Waals surface area contributed by atoms with Gasteiger partial charge < -0.3 is 4.42 Å². The third-order valence-corrected chi connectivity index (χ3v) is 6.72. The number of hydrogen-bond acceptors (Lipinski definition) is 4. The lowest BCUT2D eigenvalue weighted by atomic mass is 9.56. The van der Waals surface area contributed by atoms with E-state index >= 15 is 0 Å². The Bertz CT molecular complexity index is 517. The Morgan fingerprint density at radius 1 is 1.16 bits per heavy atom. The van der Waals surface area contributed by atoms with Gasteiger partial charge in [0.15, 0.2) is 16.7 Å². The summed E-state index contributed by atoms with van der Waals surface area (Å²) in [6.07, 6.45) is 7.09. The van der Waals surface area contributed by atoms with Crippen molar-refractivity contribution in [3.63, 3.8) is 0 Å². The second-order valence-electron chi connectivity index (χ2n) is 6.49. The van der Waals surface area contributed by atoms with Gasteiger partial charge in [0.25, 0.3) is 0 Å². The van der Waals surface area contributed by atoms with Crippen LogP contribution in [0.1, 0.15) is 43.7 Å². The maximum Gasteiger partial charge on any atom is 0.199 e. The van der Waals surface area contributed by atoms with Crippen LogP contribution in [0.3, 0.4) is 0 Å². The van der Waals surface area contributed by atoms with Crippen molar-refractivity contribution in [1.82, 2.24) is 4.98 Å². The van der Waals surface area contributed by atoms with Crippen LogP contribution in [0, 0.1) is 41.9 Å². The SMILES string of the molecule is Cc1nc(C#N)c(SC2C3CC4CC(C3)CC2C4)o1. The van der Waals surface area contributed by atoms with Crippen LogP contribution in [0.4, 0.5) is 0 Å². The summed E-state index contributed by atoms with van der Waals surface area (Å²) in [6.45, 7) is 1.82. The predicted octanol–water partition coefficient (Wildman–Crippen LogP) is 3.77. The maximum atomic E-state index is 9.13. The molecule has 0 radical (unpaired) electrons. The number of aryl methyl sites for hydroxylation is 1. The Kier molecular flexibility index (Phi) is 2.66. The number of rotatable bonds is 2.